The van der Waals surface area contributed by atoms with Crippen LogP contribution in [0.2, 0.25) is 0 Å². The third-order valence-electron chi connectivity index (χ3n) is 2.85. The van der Waals surface area contributed by atoms with Crippen LogP contribution in [0, 0.1) is 0 Å². The van der Waals surface area contributed by atoms with Gasteiger partial charge in [0, 0.05) is 31.4 Å². The minimum Gasteiger partial charge on any atom is -0.367 e. The van der Waals surface area contributed by atoms with Gasteiger partial charge in [0.15, 0.2) is 0 Å². The van der Waals surface area contributed by atoms with Crippen molar-refractivity contribution < 1.29 is 0 Å². The molecule has 1 aromatic carbocycles. The third-order valence-corrected chi connectivity index (χ3v) is 2.85. The summed E-state index contributed by atoms with van der Waals surface area (Å²) in [5.74, 6) is 0.889. The lowest BCUT2D eigenvalue weighted by atomic mass is 10.1. The van der Waals surface area contributed by atoms with Gasteiger partial charge >= 0.3 is 0 Å². The highest BCUT2D eigenvalue weighted by Crippen LogP contribution is 2.05. The third kappa shape index (κ3) is 3.60. The fraction of sp³-hybridized carbons (Fsp3) is 0.357. The number of aryl methyl sites for hydroxylation is 1. The summed E-state index contributed by atoms with van der Waals surface area (Å²) in [5, 5.41) is 7.62. The minimum atomic E-state index is 0.0965. The molecule has 3 N–H and O–H groups in total. The van der Waals surface area contributed by atoms with Crippen molar-refractivity contribution in [3.05, 3.63) is 48.2 Å². The van der Waals surface area contributed by atoms with Crippen molar-refractivity contribution in [1.82, 2.24) is 9.78 Å². The van der Waals surface area contributed by atoms with Gasteiger partial charge in [0.25, 0.3) is 0 Å². The second-order valence-corrected chi connectivity index (χ2v) is 4.39. The average molecular weight is 244 g/mol. The molecule has 18 heavy (non-hydrogen) atoms. The van der Waals surface area contributed by atoms with Gasteiger partial charge in [0.05, 0.1) is 0 Å². The average Bonchev–Trinajstić information content (AvgIpc) is 2.85. The van der Waals surface area contributed by atoms with Crippen molar-refractivity contribution in [2.45, 2.75) is 25.9 Å². The lowest BCUT2D eigenvalue weighted by Crippen LogP contribution is -2.31. The van der Waals surface area contributed by atoms with Gasteiger partial charge < -0.3 is 11.1 Å². The molecule has 1 atom stereocenters. The summed E-state index contributed by atoms with van der Waals surface area (Å²) >= 11 is 0. The van der Waals surface area contributed by atoms with Crippen molar-refractivity contribution in [2.75, 3.05) is 11.9 Å². The van der Waals surface area contributed by atoms with Gasteiger partial charge in [-0.05, 0) is 18.9 Å². The first-order chi connectivity index (χ1) is 8.78. The Morgan fingerprint density at radius 1 is 1.28 bits per heavy atom. The lowest BCUT2D eigenvalue weighted by Gasteiger charge is -2.12. The molecule has 1 heterocycles. The van der Waals surface area contributed by atoms with Gasteiger partial charge in [-0.15, -0.1) is 0 Å². The molecule has 0 saturated carbocycles. The van der Waals surface area contributed by atoms with Crippen LogP contribution in [0.4, 0.5) is 5.82 Å². The van der Waals surface area contributed by atoms with Gasteiger partial charge in [0.2, 0.25) is 0 Å². The summed E-state index contributed by atoms with van der Waals surface area (Å²) in [4.78, 5) is 0. The van der Waals surface area contributed by atoms with Crippen LogP contribution >= 0.6 is 0 Å². The maximum atomic E-state index is 6.10. The highest BCUT2D eigenvalue weighted by atomic mass is 15.3. The highest BCUT2D eigenvalue weighted by Gasteiger charge is 2.04. The zero-order valence-corrected chi connectivity index (χ0v) is 10.7. The van der Waals surface area contributed by atoms with E-state index in [1.54, 1.807) is 0 Å². The number of benzene rings is 1. The summed E-state index contributed by atoms with van der Waals surface area (Å²) in [6.07, 6.45) is 2.84. The monoisotopic (exact) mass is 244 g/mol. The number of nitrogens with one attached hydrogen (secondary N) is 1. The zero-order chi connectivity index (χ0) is 12.8. The molecule has 96 valence electrons. The second kappa shape index (κ2) is 6.21. The largest absolute Gasteiger partial charge is 0.367 e. The maximum Gasteiger partial charge on any atom is 0.148 e. The number of nitrogens with two attached hydrogens (primary N) is 1. The van der Waals surface area contributed by atoms with E-state index in [9.17, 15) is 0 Å². The highest BCUT2D eigenvalue weighted by molar-refractivity contribution is 5.32. The Kier molecular flexibility index (Phi) is 4.36. The zero-order valence-electron chi connectivity index (χ0n) is 10.7. The molecule has 0 aliphatic heterocycles. The molecule has 0 spiro atoms. The van der Waals surface area contributed by atoms with Crippen LogP contribution < -0.4 is 11.1 Å². The molecule has 0 amide bonds. The Labute approximate surface area is 108 Å². The molecule has 0 bridgehead atoms. The first-order valence-corrected chi connectivity index (χ1v) is 6.34. The van der Waals surface area contributed by atoms with E-state index in [0.29, 0.717) is 0 Å². The molecule has 1 unspecified atom stereocenters. The number of hydrogen-bond acceptors (Lipinski definition) is 3. The molecule has 0 aliphatic rings. The molecule has 1 aromatic heterocycles. The predicted molar refractivity (Wildman–Crippen MR) is 74.5 cm³/mol. The number of rotatable bonds is 6. The van der Waals surface area contributed by atoms with Crippen LogP contribution in [0.3, 0.4) is 0 Å². The maximum absolute atomic E-state index is 6.10. The van der Waals surface area contributed by atoms with E-state index in [1.807, 2.05) is 35.1 Å². The van der Waals surface area contributed by atoms with Crippen molar-refractivity contribution in [3.63, 3.8) is 0 Å². The van der Waals surface area contributed by atoms with Gasteiger partial charge in [0.1, 0.15) is 5.82 Å². The van der Waals surface area contributed by atoms with Crippen LogP contribution in [0.5, 0.6) is 0 Å². The topological polar surface area (TPSA) is 55.9 Å². The molecule has 0 fully saturated rings. The number of anilines is 1. The minimum absolute atomic E-state index is 0.0965. The van der Waals surface area contributed by atoms with E-state index in [2.05, 4.69) is 29.5 Å². The summed E-state index contributed by atoms with van der Waals surface area (Å²) < 4.78 is 1.89. The molecular formula is C14H20N4. The lowest BCUT2D eigenvalue weighted by molar-refractivity contribution is 0.655. The smallest absolute Gasteiger partial charge is 0.148 e. The Bertz CT molecular complexity index is 464. The molecule has 0 saturated heterocycles. The van der Waals surface area contributed by atoms with Gasteiger partial charge in [-0.25, -0.2) is 0 Å². The summed E-state index contributed by atoms with van der Waals surface area (Å²) in [6.45, 7) is 3.69. The van der Waals surface area contributed by atoms with E-state index in [1.165, 1.54) is 5.56 Å². The Morgan fingerprint density at radius 2 is 2.06 bits per heavy atom. The van der Waals surface area contributed by atoms with Crippen LogP contribution in [0.25, 0.3) is 0 Å². The molecular weight excluding hydrogens is 224 g/mol. The van der Waals surface area contributed by atoms with Crippen LogP contribution in [-0.2, 0) is 13.0 Å². The van der Waals surface area contributed by atoms with E-state index >= 15 is 0 Å². The van der Waals surface area contributed by atoms with Gasteiger partial charge in [-0.3, -0.25) is 4.68 Å². The van der Waals surface area contributed by atoms with Crippen molar-refractivity contribution in [1.29, 1.82) is 0 Å². The summed E-state index contributed by atoms with van der Waals surface area (Å²) in [6, 6.07) is 12.4. The quantitative estimate of drug-likeness (QED) is 0.816. The predicted octanol–water partition coefficient (Wildman–Crippen LogP) is 1.88. The standard InChI is InChI=1S/C14H20N4/c1-2-18-9-8-14(17-18)16-11-13(15)10-12-6-4-3-5-7-12/h3-9,13H,2,10-11,15H2,1H3,(H,16,17). The van der Waals surface area contributed by atoms with E-state index in [4.69, 9.17) is 5.73 Å². The molecule has 2 aromatic rings. The molecule has 4 heteroatoms. The fourth-order valence-corrected chi connectivity index (χ4v) is 1.86. The van der Waals surface area contributed by atoms with E-state index < -0.39 is 0 Å². The van der Waals surface area contributed by atoms with Crippen LogP contribution in [-0.4, -0.2) is 22.4 Å². The van der Waals surface area contributed by atoms with E-state index in [-0.39, 0.29) is 6.04 Å². The first-order valence-electron chi connectivity index (χ1n) is 6.34. The van der Waals surface area contributed by atoms with Gasteiger partial charge in [-0.2, -0.15) is 5.10 Å². The summed E-state index contributed by atoms with van der Waals surface area (Å²) in [7, 11) is 0. The van der Waals surface area contributed by atoms with Crippen LogP contribution in [0.15, 0.2) is 42.6 Å². The Morgan fingerprint density at radius 3 is 2.72 bits per heavy atom. The van der Waals surface area contributed by atoms with Crippen molar-refractivity contribution >= 4 is 5.82 Å². The number of hydrogen-bond donors (Lipinski definition) is 2. The first kappa shape index (κ1) is 12.6. The van der Waals surface area contributed by atoms with Crippen LogP contribution in [0.1, 0.15) is 12.5 Å². The molecule has 2 rings (SSSR count). The molecule has 4 nitrogen and oxygen atoms in total. The summed E-state index contributed by atoms with van der Waals surface area (Å²) in [5.41, 5.74) is 7.37. The Hall–Kier alpha value is -1.81. The SMILES string of the molecule is CCn1ccc(NCC(N)Cc2ccccc2)n1. The Balaban J connectivity index is 1.79. The van der Waals surface area contributed by atoms with E-state index in [0.717, 1.165) is 25.3 Å². The number of nitrogens with zero attached hydrogens (tertiary/aromatic N) is 2. The van der Waals surface area contributed by atoms with Crippen molar-refractivity contribution in [2.24, 2.45) is 5.73 Å². The van der Waals surface area contributed by atoms with Gasteiger partial charge in [-0.1, -0.05) is 30.3 Å². The second-order valence-electron chi connectivity index (χ2n) is 4.39. The fourth-order valence-electron chi connectivity index (χ4n) is 1.86. The van der Waals surface area contributed by atoms with Crippen molar-refractivity contribution in [3.8, 4) is 0 Å². The molecule has 0 radical (unpaired) electrons. The number of aromatic nitrogens is 2. The molecule has 0 aliphatic carbocycles. The normalized spacial score (nSPS) is 12.3.